The highest BCUT2D eigenvalue weighted by Gasteiger charge is 2.22. The fourth-order valence-corrected chi connectivity index (χ4v) is 2.27. The van der Waals surface area contributed by atoms with E-state index in [-0.39, 0.29) is 12.0 Å². The number of hydrogen-bond donors (Lipinski definition) is 1. The second-order valence-corrected chi connectivity index (χ2v) is 4.73. The van der Waals surface area contributed by atoms with Gasteiger partial charge in [0, 0.05) is 17.8 Å². The third-order valence-electron chi connectivity index (χ3n) is 2.87. The SMILES string of the molecule is CNC(c1ccc(Br)o1)C(C)c1ccccn1. The molecule has 0 amide bonds. The van der Waals surface area contributed by atoms with Crippen LogP contribution in [0.25, 0.3) is 0 Å². The van der Waals surface area contributed by atoms with Crippen LogP contribution in [0.5, 0.6) is 0 Å². The lowest BCUT2D eigenvalue weighted by molar-refractivity contribution is 0.382. The van der Waals surface area contributed by atoms with Crippen molar-refractivity contribution < 1.29 is 4.42 Å². The smallest absolute Gasteiger partial charge is 0.169 e. The van der Waals surface area contributed by atoms with E-state index in [1.165, 1.54) is 0 Å². The lowest BCUT2D eigenvalue weighted by Crippen LogP contribution is -2.22. The second-order valence-electron chi connectivity index (χ2n) is 3.95. The molecule has 4 heteroatoms. The number of hydrogen-bond acceptors (Lipinski definition) is 3. The highest BCUT2D eigenvalue weighted by molar-refractivity contribution is 9.10. The van der Waals surface area contributed by atoms with E-state index in [2.05, 4.69) is 33.2 Å². The zero-order valence-corrected chi connectivity index (χ0v) is 11.4. The first-order valence-corrected chi connectivity index (χ1v) is 6.35. The minimum atomic E-state index is 0.121. The summed E-state index contributed by atoms with van der Waals surface area (Å²) in [6.45, 7) is 2.14. The number of nitrogens with one attached hydrogen (secondary N) is 1. The number of rotatable bonds is 4. The Hall–Kier alpha value is -1.13. The van der Waals surface area contributed by atoms with Crippen molar-refractivity contribution in [3.05, 3.63) is 52.7 Å². The van der Waals surface area contributed by atoms with Crippen LogP contribution in [-0.2, 0) is 0 Å². The van der Waals surface area contributed by atoms with E-state index in [0.717, 1.165) is 16.1 Å². The van der Waals surface area contributed by atoms with Gasteiger partial charge >= 0.3 is 0 Å². The van der Waals surface area contributed by atoms with Crippen LogP contribution in [0.4, 0.5) is 0 Å². The lowest BCUT2D eigenvalue weighted by Gasteiger charge is -2.21. The maximum Gasteiger partial charge on any atom is 0.169 e. The van der Waals surface area contributed by atoms with Gasteiger partial charge in [0.1, 0.15) is 5.76 Å². The highest BCUT2D eigenvalue weighted by Crippen LogP contribution is 2.31. The number of halogens is 1. The third kappa shape index (κ3) is 2.76. The molecule has 2 rings (SSSR count). The van der Waals surface area contributed by atoms with Crippen LogP contribution in [0, 0.1) is 0 Å². The molecule has 2 atom stereocenters. The van der Waals surface area contributed by atoms with Crippen LogP contribution < -0.4 is 5.32 Å². The van der Waals surface area contributed by atoms with Crippen molar-refractivity contribution in [3.63, 3.8) is 0 Å². The van der Waals surface area contributed by atoms with Crippen LogP contribution in [-0.4, -0.2) is 12.0 Å². The van der Waals surface area contributed by atoms with Crippen molar-refractivity contribution in [1.82, 2.24) is 10.3 Å². The Balaban J connectivity index is 2.25. The summed E-state index contributed by atoms with van der Waals surface area (Å²) in [5.74, 6) is 1.16. The molecular weight excluding hydrogens is 280 g/mol. The van der Waals surface area contributed by atoms with Crippen molar-refractivity contribution in [2.75, 3.05) is 7.05 Å². The Bertz CT molecular complexity index is 469. The first-order chi connectivity index (χ1) is 8.22. The maximum absolute atomic E-state index is 5.61. The first kappa shape index (κ1) is 12.3. The Morgan fingerprint density at radius 2 is 2.12 bits per heavy atom. The number of nitrogens with zero attached hydrogens (tertiary/aromatic N) is 1. The fraction of sp³-hybridized carbons (Fsp3) is 0.308. The average Bonchev–Trinajstić information content (AvgIpc) is 2.78. The standard InChI is InChI=1S/C13H15BrN2O/c1-9(10-5-3-4-8-16-10)13(15-2)11-6-7-12(14)17-11/h3-9,13,15H,1-2H3. The maximum atomic E-state index is 5.61. The van der Waals surface area contributed by atoms with Crippen LogP contribution in [0.2, 0.25) is 0 Å². The average molecular weight is 295 g/mol. The van der Waals surface area contributed by atoms with Crippen LogP contribution >= 0.6 is 15.9 Å². The molecule has 2 heterocycles. The number of likely N-dealkylation sites (N-methyl/N-ethyl adjacent to an activating group) is 1. The number of furan rings is 1. The molecule has 0 radical (unpaired) electrons. The highest BCUT2D eigenvalue weighted by atomic mass is 79.9. The summed E-state index contributed by atoms with van der Waals surface area (Å²) in [4.78, 5) is 4.39. The van der Waals surface area contributed by atoms with Gasteiger partial charge in [-0.15, -0.1) is 0 Å². The summed E-state index contributed by atoms with van der Waals surface area (Å²) in [5, 5.41) is 3.28. The molecule has 0 saturated carbocycles. The van der Waals surface area contributed by atoms with Gasteiger partial charge in [-0.1, -0.05) is 13.0 Å². The fourth-order valence-electron chi connectivity index (χ4n) is 1.95. The normalized spacial score (nSPS) is 14.5. The van der Waals surface area contributed by atoms with Crippen LogP contribution in [0.1, 0.15) is 30.3 Å². The van der Waals surface area contributed by atoms with Gasteiger partial charge in [0.05, 0.1) is 6.04 Å². The van der Waals surface area contributed by atoms with Gasteiger partial charge in [-0.2, -0.15) is 0 Å². The van der Waals surface area contributed by atoms with Crippen molar-refractivity contribution in [1.29, 1.82) is 0 Å². The van der Waals surface area contributed by atoms with E-state index in [4.69, 9.17) is 4.42 Å². The van der Waals surface area contributed by atoms with Gasteiger partial charge in [0.15, 0.2) is 4.67 Å². The predicted octanol–water partition coefficient (Wildman–Crippen LogP) is 3.50. The van der Waals surface area contributed by atoms with E-state index >= 15 is 0 Å². The van der Waals surface area contributed by atoms with E-state index < -0.39 is 0 Å². The molecule has 0 spiro atoms. The lowest BCUT2D eigenvalue weighted by atomic mass is 9.96. The zero-order chi connectivity index (χ0) is 12.3. The van der Waals surface area contributed by atoms with E-state index in [0.29, 0.717) is 0 Å². The summed E-state index contributed by atoms with van der Waals surface area (Å²) in [6, 6.07) is 9.97. The third-order valence-corrected chi connectivity index (χ3v) is 3.29. The van der Waals surface area contributed by atoms with Gasteiger partial charge in [0.25, 0.3) is 0 Å². The molecule has 2 aromatic heterocycles. The van der Waals surface area contributed by atoms with Gasteiger partial charge in [-0.3, -0.25) is 4.98 Å². The summed E-state index contributed by atoms with van der Waals surface area (Å²) in [6.07, 6.45) is 1.82. The number of pyridine rings is 1. The molecule has 0 saturated heterocycles. The molecule has 0 aliphatic rings. The van der Waals surface area contributed by atoms with E-state index in [1.807, 2.05) is 43.6 Å². The van der Waals surface area contributed by atoms with Gasteiger partial charge in [-0.25, -0.2) is 0 Å². The second kappa shape index (κ2) is 5.47. The molecule has 3 nitrogen and oxygen atoms in total. The Morgan fingerprint density at radius 1 is 1.29 bits per heavy atom. The zero-order valence-electron chi connectivity index (χ0n) is 9.85. The van der Waals surface area contributed by atoms with E-state index in [9.17, 15) is 0 Å². The van der Waals surface area contributed by atoms with Crippen LogP contribution in [0.15, 0.2) is 45.6 Å². The monoisotopic (exact) mass is 294 g/mol. The Kier molecular flexibility index (Phi) is 3.97. The molecule has 0 bridgehead atoms. The summed E-state index contributed by atoms with van der Waals surface area (Å²) in [7, 11) is 1.93. The molecule has 2 aromatic rings. The van der Waals surface area contributed by atoms with Gasteiger partial charge in [0.2, 0.25) is 0 Å². The largest absolute Gasteiger partial charge is 0.453 e. The Morgan fingerprint density at radius 3 is 2.65 bits per heavy atom. The summed E-state index contributed by atoms with van der Waals surface area (Å²) in [5.41, 5.74) is 1.05. The quantitative estimate of drug-likeness (QED) is 0.938. The molecule has 2 unspecified atom stereocenters. The van der Waals surface area contributed by atoms with Crippen LogP contribution in [0.3, 0.4) is 0 Å². The first-order valence-electron chi connectivity index (χ1n) is 5.56. The van der Waals surface area contributed by atoms with E-state index in [1.54, 1.807) is 0 Å². The molecule has 0 fully saturated rings. The van der Waals surface area contributed by atoms with Gasteiger partial charge < -0.3 is 9.73 Å². The van der Waals surface area contributed by atoms with Crippen molar-refractivity contribution in [2.24, 2.45) is 0 Å². The predicted molar refractivity (Wildman–Crippen MR) is 70.9 cm³/mol. The van der Waals surface area contributed by atoms with Crippen molar-refractivity contribution in [3.8, 4) is 0 Å². The topological polar surface area (TPSA) is 38.1 Å². The summed E-state index contributed by atoms with van der Waals surface area (Å²) < 4.78 is 6.36. The number of aromatic nitrogens is 1. The molecular formula is C13H15BrN2O. The van der Waals surface area contributed by atoms with Crippen molar-refractivity contribution >= 4 is 15.9 Å². The molecule has 0 aliphatic heterocycles. The Labute approximate surface area is 109 Å². The molecule has 0 aromatic carbocycles. The van der Waals surface area contributed by atoms with Crippen molar-refractivity contribution in [2.45, 2.75) is 18.9 Å². The molecule has 17 heavy (non-hydrogen) atoms. The summed E-state index contributed by atoms with van der Waals surface area (Å²) >= 11 is 3.32. The minimum absolute atomic E-state index is 0.121. The molecule has 0 aliphatic carbocycles. The minimum Gasteiger partial charge on any atom is -0.453 e. The molecule has 90 valence electrons. The van der Waals surface area contributed by atoms with Gasteiger partial charge in [-0.05, 0) is 47.2 Å². The molecule has 1 N–H and O–H groups in total.